The third kappa shape index (κ3) is 2.88. The third-order valence-electron chi connectivity index (χ3n) is 5.53. The second-order valence-electron chi connectivity index (χ2n) is 8.19. The Balaban J connectivity index is 2.33. The van der Waals surface area contributed by atoms with Gasteiger partial charge in [0.25, 0.3) is 0 Å². The van der Waals surface area contributed by atoms with E-state index in [9.17, 15) is 0 Å². The summed E-state index contributed by atoms with van der Waals surface area (Å²) in [5.74, 6) is 0.637. The fourth-order valence-electron chi connectivity index (χ4n) is 4.06. The minimum absolute atomic E-state index is 0.0614. The molecule has 0 saturated heterocycles. The van der Waals surface area contributed by atoms with Crippen molar-refractivity contribution in [1.82, 2.24) is 10.3 Å². The summed E-state index contributed by atoms with van der Waals surface area (Å²) in [6, 6.07) is 8.94. The Morgan fingerprint density at radius 2 is 1.88 bits per heavy atom. The number of hydrogen-bond donors (Lipinski definition) is 1. The lowest BCUT2D eigenvalue weighted by Crippen LogP contribution is -2.28. The monoisotopic (exact) mass is 334 g/mol. The molecule has 2 aromatic rings. The summed E-state index contributed by atoms with van der Waals surface area (Å²) in [5, 5.41) is 4.54. The highest BCUT2D eigenvalue weighted by Crippen LogP contribution is 2.46. The standard InChI is InChI=1S/C23H30N2/c1-14(2)11-17-9-8-10-21-18(17)12-19-22(25-21)16(4)15(3)20(13-24-7)23(19,5)6/h8-10,12-14,24H,11H2,1-7H3/b20-13+. The molecular formula is C23H30N2. The second kappa shape index (κ2) is 6.33. The third-order valence-corrected chi connectivity index (χ3v) is 5.53. The van der Waals surface area contributed by atoms with Crippen LogP contribution in [0.5, 0.6) is 0 Å². The maximum Gasteiger partial charge on any atom is 0.0712 e. The molecule has 1 heterocycles. The maximum atomic E-state index is 5.10. The van der Waals surface area contributed by atoms with Crippen LogP contribution in [0.4, 0.5) is 0 Å². The van der Waals surface area contributed by atoms with E-state index in [1.165, 1.54) is 33.2 Å². The van der Waals surface area contributed by atoms with Crippen molar-refractivity contribution >= 4 is 16.5 Å². The first-order chi connectivity index (χ1) is 11.8. The number of aromatic nitrogens is 1. The van der Waals surface area contributed by atoms with Crippen LogP contribution in [-0.4, -0.2) is 12.0 Å². The number of hydrogen-bond acceptors (Lipinski definition) is 2. The van der Waals surface area contributed by atoms with Gasteiger partial charge in [0.1, 0.15) is 0 Å². The van der Waals surface area contributed by atoms with Gasteiger partial charge in [0, 0.05) is 24.0 Å². The molecular weight excluding hydrogens is 304 g/mol. The predicted octanol–water partition coefficient (Wildman–Crippen LogP) is 5.62. The van der Waals surface area contributed by atoms with Crippen LogP contribution in [-0.2, 0) is 11.8 Å². The van der Waals surface area contributed by atoms with Crippen molar-refractivity contribution in [3.05, 3.63) is 58.4 Å². The van der Waals surface area contributed by atoms with Gasteiger partial charge in [0.05, 0.1) is 11.2 Å². The fraction of sp³-hybridized carbons (Fsp3) is 0.435. The second-order valence-corrected chi connectivity index (χ2v) is 8.19. The Bertz CT molecular complexity index is 882. The van der Waals surface area contributed by atoms with E-state index in [2.05, 4.69) is 77.3 Å². The number of nitrogens with zero attached hydrogens (tertiary/aromatic N) is 1. The van der Waals surface area contributed by atoms with Gasteiger partial charge in [0.15, 0.2) is 0 Å². The average molecular weight is 335 g/mol. The Kier molecular flexibility index (Phi) is 4.49. The lowest BCUT2D eigenvalue weighted by atomic mass is 9.68. The van der Waals surface area contributed by atoms with Crippen LogP contribution in [0.1, 0.15) is 58.4 Å². The molecule has 2 heteroatoms. The first-order valence-electron chi connectivity index (χ1n) is 9.26. The SMILES string of the molecule is CN/C=C1\C(C)=C(C)c2nc3cccc(CC(C)C)c3cc2C1(C)C. The van der Waals surface area contributed by atoms with Gasteiger partial charge < -0.3 is 5.32 Å². The topological polar surface area (TPSA) is 24.9 Å². The van der Waals surface area contributed by atoms with Crippen LogP contribution < -0.4 is 5.32 Å². The van der Waals surface area contributed by atoms with Crippen molar-refractivity contribution in [2.75, 3.05) is 7.05 Å². The van der Waals surface area contributed by atoms with E-state index in [4.69, 9.17) is 4.98 Å². The van der Waals surface area contributed by atoms with Crippen LogP contribution in [0.3, 0.4) is 0 Å². The van der Waals surface area contributed by atoms with Gasteiger partial charge >= 0.3 is 0 Å². The van der Waals surface area contributed by atoms with E-state index in [0.717, 1.165) is 17.6 Å². The molecule has 2 nitrogen and oxygen atoms in total. The van der Waals surface area contributed by atoms with Gasteiger partial charge in [-0.25, -0.2) is 4.98 Å². The van der Waals surface area contributed by atoms with Crippen molar-refractivity contribution in [2.45, 2.75) is 53.4 Å². The first-order valence-corrected chi connectivity index (χ1v) is 9.26. The number of pyridine rings is 1. The molecule has 1 N–H and O–H groups in total. The van der Waals surface area contributed by atoms with Crippen LogP contribution >= 0.6 is 0 Å². The van der Waals surface area contributed by atoms with Crippen LogP contribution in [0.15, 0.2) is 41.6 Å². The Morgan fingerprint density at radius 1 is 1.16 bits per heavy atom. The highest BCUT2D eigenvalue weighted by atomic mass is 14.8. The summed E-state index contributed by atoms with van der Waals surface area (Å²) < 4.78 is 0. The van der Waals surface area contributed by atoms with E-state index in [1.807, 2.05) is 7.05 Å². The highest BCUT2D eigenvalue weighted by Gasteiger charge is 2.35. The molecule has 0 saturated carbocycles. The summed E-state index contributed by atoms with van der Waals surface area (Å²) in [6.07, 6.45) is 3.23. The molecule has 0 radical (unpaired) electrons. The molecule has 0 amide bonds. The number of benzene rings is 1. The Morgan fingerprint density at radius 3 is 2.52 bits per heavy atom. The van der Waals surface area contributed by atoms with Crippen molar-refractivity contribution in [1.29, 1.82) is 0 Å². The molecule has 1 aliphatic carbocycles. The summed E-state index contributed by atoms with van der Waals surface area (Å²) in [6.45, 7) is 13.6. The number of nitrogens with one attached hydrogen (secondary N) is 1. The minimum atomic E-state index is -0.0614. The van der Waals surface area contributed by atoms with E-state index >= 15 is 0 Å². The average Bonchev–Trinajstić information content (AvgIpc) is 2.56. The van der Waals surface area contributed by atoms with Gasteiger partial charge in [-0.1, -0.05) is 39.8 Å². The van der Waals surface area contributed by atoms with Crippen LogP contribution in [0, 0.1) is 5.92 Å². The van der Waals surface area contributed by atoms with Crippen molar-refractivity contribution < 1.29 is 0 Å². The first kappa shape index (κ1) is 17.7. The molecule has 25 heavy (non-hydrogen) atoms. The van der Waals surface area contributed by atoms with Crippen molar-refractivity contribution in [3.63, 3.8) is 0 Å². The zero-order chi connectivity index (χ0) is 18.4. The maximum absolute atomic E-state index is 5.10. The molecule has 0 spiro atoms. The quantitative estimate of drug-likeness (QED) is 0.788. The molecule has 0 atom stereocenters. The highest BCUT2D eigenvalue weighted by molar-refractivity contribution is 5.88. The van der Waals surface area contributed by atoms with Gasteiger partial charge in [-0.3, -0.25) is 0 Å². The number of fused-ring (bicyclic) bond motifs is 2. The van der Waals surface area contributed by atoms with Gasteiger partial charge in [-0.2, -0.15) is 0 Å². The Labute approximate surface area is 152 Å². The van der Waals surface area contributed by atoms with Gasteiger partial charge in [0.2, 0.25) is 0 Å². The summed E-state index contributed by atoms with van der Waals surface area (Å²) in [4.78, 5) is 5.10. The lowest BCUT2D eigenvalue weighted by Gasteiger charge is -2.36. The Hall–Kier alpha value is -2.09. The predicted molar refractivity (Wildman–Crippen MR) is 109 cm³/mol. The van der Waals surface area contributed by atoms with E-state index in [1.54, 1.807) is 0 Å². The molecule has 1 aromatic heterocycles. The van der Waals surface area contributed by atoms with E-state index in [0.29, 0.717) is 5.92 Å². The minimum Gasteiger partial charge on any atom is -0.394 e. The summed E-state index contributed by atoms with van der Waals surface area (Å²) in [5.41, 5.74) is 8.91. The summed E-state index contributed by atoms with van der Waals surface area (Å²) in [7, 11) is 1.97. The number of rotatable bonds is 3. The largest absolute Gasteiger partial charge is 0.394 e. The van der Waals surface area contributed by atoms with Crippen molar-refractivity contribution in [3.8, 4) is 0 Å². The molecule has 0 unspecified atom stereocenters. The molecule has 0 fully saturated rings. The lowest BCUT2D eigenvalue weighted by molar-refractivity contribution is 0.613. The van der Waals surface area contributed by atoms with Crippen molar-refractivity contribution in [2.24, 2.45) is 5.92 Å². The fourth-order valence-corrected chi connectivity index (χ4v) is 4.06. The molecule has 0 bridgehead atoms. The molecule has 1 aromatic carbocycles. The van der Waals surface area contributed by atoms with Gasteiger partial charge in [-0.05, 0) is 66.2 Å². The normalized spacial score (nSPS) is 18.2. The summed E-state index contributed by atoms with van der Waals surface area (Å²) >= 11 is 0. The molecule has 132 valence electrons. The zero-order valence-electron chi connectivity index (χ0n) is 16.6. The molecule has 3 rings (SSSR count). The van der Waals surface area contributed by atoms with Gasteiger partial charge in [-0.15, -0.1) is 0 Å². The molecule has 0 aliphatic heterocycles. The number of allylic oxidation sites excluding steroid dienone is 3. The molecule has 1 aliphatic rings. The van der Waals surface area contributed by atoms with E-state index < -0.39 is 0 Å². The smallest absolute Gasteiger partial charge is 0.0712 e. The zero-order valence-corrected chi connectivity index (χ0v) is 16.6. The van der Waals surface area contributed by atoms with E-state index in [-0.39, 0.29) is 5.41 Å². The van der Waals surface area contributed by atoms with Crippen LogP contribution in [0.25, 0.3) is 16.5 Å². The van der Waals surface area contributed by atoms with Crippen LogP contribution in [0.2, 0.25) is 0 Å².